The largest absolute Gasteiger partial charge is 0.481 e. The van der Waals surface area contributed by atoms with Crippen LogP contribution >= 0.6 is 0 Å². The molecule has 92 valence electrons. The number of rotatable bonds is 4. The maximum Gasteiger partial charge on any atom is 0.317 e. The second kappa shape index (κ2) is 6.35. The van der Waals surface area contributed by atoms with Gasteiger partial charge in [0.1, 0.15) is 0 Å². The lowest BCUT2D eigenvalue weighted by molar-refractivity contribution is -0.137. The van der Waals surface area contributed by atoms with Crippen LogP contribution in [0.5, 0.6) is 0 Å². The van der Waals surface area contributed by atoms with Crippen molar-refractivity contribution in [1.82, 2.24) is 10.2 Å². The lowest BCUT2D eigenvalue weighted by atomic mass is 10.00. The third kappa shape index (κ3) is 4.51. The molecule has 0 aliphatic carbocycles. The van der Waals surface area contributed by atoms with Gasteiger partial charge in [-0.3, -0.25) is 4.79 Å². The van der Waals surface area contributed by atoms with Crippen molar-refractivity contribution in [2.45, 2.75) is 32.6 Å². The lowest BCUT2D eigenvalue weighted by Gasteiger charge is -2.30. The van der Waals surface area contributed by atoms with Crippen LogP contribution in [0.25, 0.3) is 0 Å². The predicted molar refractivity (Wildman–Crippen MR) is 60.2 cm³/mol. The van der Waals surface area contributed by atoms with E-state index in [-0.39, 0.29) is 12.5 Å². The number of carboxylic acid groups (broad SMARTS) is 1. The summed E-state index contributed by atoms with van der Waals surface area (Å²) in [5, 5.41) is 11.2. The van der Waals surface area contributed by atoms with Gasteiger partial charge in [-0.05, 0) is 25.2 Å². The van der Waals surface area contributed by atoms with Crippen LogP contribution in [0.3, 0.4) is 0 Å². The highest BCUT2D eigenvalue weighted by atomic mass is 16.4. The SMILES string of the molecule is CC1CCN(C(=O)NCCCC(=O)O)CC1. The zero-order chi connectivity index (χ0) is 12.0. The summed E-state index contributed by atoms with van der Waals surface area (Å²) in [6.07, 6.45) is 2.72. The van der Waals surface area contributed by atoms with Crippen molar-refractivity contribution >= 4 is 12.0 Å². The van der Waals surface area contributed by atoms with Crippen LogP contribution in [0.15, 0.2) is 0 Å². The number of urea groups is 1. The molecule has 0 aromatic heterocycles. The van der Waals surface area contributed by atoms with E-state index in [1.165, 1.54) is 0 Å². The average Bonchev–Trinajstić information content (AvgIpc) is 2.25. The minimum atomic E-state index is -0.818. The van der Waals surface area contributed by atoms with Crippen LogP contribution in [0.4, 0.5) is 4.79 Å². The summed E-state index contributed by atoms with van der Waals surface area (Å²) in [5.41, 5.74) is 0. The summed E-state index contributed by atoms with van der Waals surface area (Å²) in [5.74, 6) is -0.114. The number of nitrogens with one attached hydrogen (secondary N) is 1. The fourth-order valence-electron chi connectivity index (χ4n) is 1.76. The highest BCUT2D eigenvalue weighted by Crippen LogP contribution is 2.15. The molecule has 0 unspecified atom stereocenters. The van der Waals surface area contributed by atoms with Crippen LogP contribution < -0.4 is 5.32 Å². The molecule has 1 aliphatic rings. The van der Waals surface area contributed by atoms with Crippen LogP contribution in [-0.4, -0.2) is 41.6 Å². The van der Waals surface area contributed by atoms with Gasteiger partial charge in [-0.15, -0.1) is 0 Å². The molecule has 0 radical (unpaired) electrons. The molecular weight excluding hydrogens is 208 g/mol. The van der Waals surface area contributed by atoms with E-state index in [9.17, 15) is 9.59 Å². The van der Waals surface area contributed by atoms with E-state index >= 15 is 0 Å². The third-order valence-corrected chi connectivity index (χ3v) is 2.91. The quantitative estimate of drug-likeness (QED) is 0.712. The van der Waals surface area contributed by atoms with E-state index in [2.05, 4.69) is 12.2 Å². The Kier molecular flexibility index (Phi) is 5.08. The average molecular weight is 228 g/mol. The molecule has 0 bridgehead atoms. The minimum absolute atomic E-state index is 0.0581. The number of piperidine rings is 1. The number of likely N-dealkylation sites (tertiary alicyclic amines) is 1. The molecule has 1 rings (SSSR count). The topological polar surface area (TPSA) is 69.6 Å². The van der Waals surface area contributed by atoms with Crippen molar-refractivity contribution in [3.05, 3.63) is 0 Å². The van der Waals surface area contributed by atoms with Crippen molar-refractivity contribution < 1.29 is 14.7 Å². The number of aliphatic carboxylic acids is 1. The molecule has 0 atom stereocenters. The van der Waals surface area contributed by atoms with Gasteiger partial charge < -0.3 is 15.3 Å². The summed E-state index contributed by atoms with van der Waals surface area (Å²) >= 11 is 0. The van der Waals surface area contributed by atoms with Gasteiger partial charge in [0.05, 0.1) is 0 Å². The van der Waals surface area contributed by atoms with Gasteiger partial charge in [0, 0.05) is 26.1 Å². The maximum absolute atomic E-state index is 11.6. The molecule has 0 aromatic carbocycles. The molecule has 1 fully saturated rings. The molecule has 0 aromatic rings. The Bertz CT molecular complexity index is 248. The molecule has 2 N–H and O–H groups in total. The van der Waals surface area contributed by atoms with Gasteiger partial charge in [0.2, 0.25) is 0 Å². The first-order valence-corrected chi connectivity index (χ1v) is 5.84. The van der Waals surface area contributed by atoms with Crippen LogP contribution in [-0.2, 0) is 4.79 Å². The van der Waals surface area contributed by atoms with Crippen LogP contribution in [0.1, 0.15) is 32.6 Å². The van der Waals surface area contributed by atoms with E-state index in [4.69, 9.17) is 5.11 Å². The number of hydrogen-bond acceptors (Lipinski definition) is 2. The molecule has 0 spiro atoms. The van der Waals surface area contributed by atoms with Gasteiger partial charge in [0.25, 0.3) is 0 Å². The maximum atomic E-state index is 11.6. The molecule has 16 heavy (non-hydrogen) atoms. The first-order chi connectivity index (χ1) is 7.59. The number of hydrogen-bond donors (Lipinski definition) is 2. The Morgan fingerprint density at radius 2 is 2.00 bits per heavy atom. The van der Waals surface area contributed by atoms with Crippen molar-refractivity contribution in [1.29, 1.82) is 0 Å². The second-order valence-electron chi connectivity index (χ2n) is 4.40. The first kappa shape index (κ1) is 12.8. The zero-order valence-electron chi connectivity index (χ0n) is 9.74. The van der Waals surface area contributed by atoms with E-state index in [0.717, 1.165) is 25.9 Å². The molecule has 0 saturated carbocycles. The number of amides is 2. The minimum Gasteiger partial charge on any atom is -0.481 e. The summed E-state index contributed by atoms with van der Waals surface area (Å²) in [6.45, 7) is 4.26. The number of nitrogens with zero attached hydrogens (tertiary/aromatic N) is 1. The molecule has 1 aliphatic heterocycles. The predicted octanol–water partition coefficient (Wildman–Crippen LogP) is 1.29. The summed E-state index contributed by atoms with van der Waals surface area (Å²) in [6, 6.07) is -0.0581. The van der Waals surface area contributed by atoms with Crippen molar-refractivity contribution in [2.75, 3.05) is 19.6 Å². The van der Waals surface area contributed by atoms with Gasteiger partial charge in [-0.1, -0.05) is 6.92 Å². The van der Waals surface area contributed by atoms with Gasteiger partial charge >= 0.3 is 12.0 Å². The Balaban J connectivity index is 2.12. The van der Waals surface area contributed by atoms with Crippen molar-refractivity contribution in [2.24, 2.45) is 5.92 Å². The molecule has 1 saturated heterocycles. The first-order valence-electron chi connectivity index (χ1n) is 5.84. The number of carbonyl (C=O) groups is 2. The molecule has 2 amide bonds. The van der Waals surface area contributed by atoms with Gasteiger partial charge in [-0.2, -0.15) is 0 Å². The monoisotopic (exact) mass is 228 g/mol. The Morgan fingerprint density at radius 1 is 1.38 bits per heavy atom. The smallest absolute Gasteiger partial charge is 0.317 e. The number of carbonyl (C=O) groups excluding carboxylic acids is 1. The van der Waals surface area contributed by atoms with E-state index in [0.29, 0.717) is 18.9 Å². The van der Waals surface area contributed by atoms with Gasteiger partial charge in [0.15, 0.2) is 0 Å². The van der Waals surface area contributed by atoms with Gasteiger partial charge in [-0.25, -0.2) is 4.79 Å². The fraction of sp³-hybridized carbons (Fsp3) is 0.818. The fourth-order valence-corrected chi connectivity index (χ4v) is 1.76. The highest BCUT2D eigenvalue weighted by Gasteiger charge is 2.19. The van der Waals surface area contributed by atoms with Crippen LogP contribution in [0, 0.1) is 5.92 Å². The summed E-state index contributed by atoms with van der Waals surface area (Å²) < 4.78 is 0. The van der Waals surface area contributed by atoms with Crippen molar-refractivity contribution in [3.8, 4) is 0 Å². The Morgan fingerprint density at radius 3 is 2.56 bits per heavy atom. The third-order valence-electron chi connectivity index (χ3n) is 2.91. The molecular formula is C11H20N2O3. The molecule has 5 nitrogen and oxygen atoms in total. The van der Waals surface area contributed by atoms with E-state index in [1.807, 2.05) is 0 Å². The number of carboxylic acids is 1. The zero-order valence-corrected chi connectivity index (χ0v) is 9.74. The Hall–Kier alpha value is -1.26. The molecule has 5 heteroatoms. The van der Waals surface area contributed by atoms with E-state index < -0.39 is 5.97 Å². The Labute approximate surface area is 95.8 Å². The highest BCUT2D eigenvalue weighted by molar-refractivity contribution is 5.74. The lowest BCUT2D eigenvalue weighted by Crippen LogP contribution is -2.44. The summed E-state index contributed by atoms with van der Waals surface area (Å²) in [4.78, 5) is 23.7. The standard InChI is InChI=1S/C11H20N2O3/c1-9-4-7-13(8-5-9)11(16)12-6-2-3-10(14)15/h9H,2-8H2,1H3,(H,12,16)(H,14,15). The van der Waals surface area contributed by atoms with E-state index in [1.54, 1.807) is 4.90 Å². The van der Waals surface area contributed by atoms with Crippen LogP contribution in [0.2, 0.25) is 0 Å². The normalized spacial score (nSPS) is 17.2. The van der Waals surface area contributed by atoms with Crippen molar-refractivity contribution in [3.63, 3.8) is 0 Å². The molecule has 1 heterocycles. The second-order valence-corrected chi connectivity index (χ2v) is 4.40. The summed E-state index contributed by atoms with van der Waals surface area (Å²) in [7, 11) is 0.